The number of aliphatic hydroxyl groups excluding tert-OH is 1. The van der Waals surface area contributed by atoms with Gasteiger partial charge in [0.25, 0.3) is 5.91 Å². The number of Topliss-reactive ketones (excluding diaryl/α,β-unsaturated/α-hetero) is 1. The number of aliphatic hydroxyl groups is 1. The first-order valence-electron chi connectivity index (χ1n) is 11.1. The Morgan fingerprint density at radius 2 is 1.91 bits per heavy atom. The fourth-order valence-corrected chi connectivity index (χ4v) is 5.74. The first-order valence-corrected chi connectivity index (χ1v) is 11.5. The quantitative estimate of drug-likeness (QED) is 0.606. The lowest BCUT2D eigenvalue weighted by atomic mass is 9.38. The second kappa shape index (κ2) is 8.20. The number of carbonyl (C=O) groups is 2. The van der Waals surface area contributed by atoms with Crippen LogP contribution in [0.3, 0.4) is 0 Å². The summed E-state index contributed by atoms with van der Waals surface area (Å²) in [6.07, 6.45) is 0.284. The van der Waals surface area contributed by atoms with Gasteiger partial charge in [-0.25, -0.2) is 8.78 Å². The minimum atomic E-state index is -1.10. The van der Waals surface area contributed by atoms with E-state index in [1.54, 1.807) is 18.2 Å². The highest BCUT2D eigenvalue weighted by molar-refractivity contribution is 6.31. The molecule has 3 fully saturated rings. The van der Waals surface area contributed by atoms with Crippen LogP contribution in [0.25, 0.3) is 0 Å². The maximum absolute atomic E-state index is 13.6. The van der Waals surface area contributed by atoms with E-state index in [-0.39, 0.29) is 53.4 Å². The van der Waals surface area contributed by atoms with E-state index in [1.165, 1.54) is 0 Å². The minimum Gasteiger partial charge on any atom is -0.484 e. The van der Waals surface area contributed by atoms with E-state index in [0.717, 1.165) is 17.7 Å². The molecule has 2 N–H and O–H groups in total. The Kier molecular flexibility index (Phi) is 5.56. The Labute approximate surface area is 200 Å². The van der Waals surface area contributed by atoms with E-state index in [2.05, 4.69) is 5.32 Å². The third kappa shape index (κ3) is 4.14. The lowest BCUT2D eigenvalue weighted by Gasteiger charge is -2.70. The second-order valence-corrected chi connectivity index (χ2v) is 10.3. The number of rotatable bonds is 7. The van der Waals surface area contributed by atoms with Gasteiger partial charge >= 0.3 is 0 Å². The fourth-order valence-electron chi connectivity index (χ4n) is 5.62. The number of ether oxygens (including phenoxy) is 2. The summed E-state index contributed by atoms with van der Waals surface area (Å²) in [6, 6.07) is 6.96. The Balaban J connectivity index is 1.11. The summed E-state index contributed by atoms with van der Waals surface area (Å²) in [5.41, 5.74) is 0.504. The van der Waals surface area contributed by atoms with Crippen molar-refractivity contribution in [2.45, 2.75) is 56.8 Å². The molecule has 0 spiro atoms. The highest BCUT2D eigenvalue weighted by Gasteiger charge is 2.68. The summed E-state index contributed by atoms with van der Waals surface area (Å²) < 4.78 is 38.2. The van der Waals surface area contributed by atoms with Crippen LogP contribution >= 0.6 is 11.6 Å². The molecule has 0 radical (unpaired) electrons. The van der Waals surface area contributed by atoms with E-state index in [1.807, 2.05) is 6.92 Å². The summed E-state index contributed by atoms with van der Waals surface area (Å²) in [4.78, 5) is 25.2. The molecule has 6 rings (SSSR count). The van der Waals surface area contributed by atoms with Gasteiger partial charge in [0.15, 0.2) is 30.1 Å². The molecule has 1 heterocycles. The number of ketones is 1. The van der Waals surface area contributed by atoms with Crippen LogP contribution in [-0.4, -0.2) is 35.0 Å². The highest BCUT2D eigenvalue weighted by atomic mass is 35.5. The molecule has 3 saturated carbocycles. The van der Waals surface area contributed by atoms with E-state index in [4.69, 9.17) is 21.1 Å². The molecule has 180 valence electrons. The van der Waals surface area contributed by atoms with Gasteiger partial charge in [0.05, 0.1) is 6.10 Å². The second-order valence-electron chi connectivity index (χ2n) is 9.86. The van der Waals surface area contributed by atoms with Gasteiger partial charge in [-0.1, -0.05) is 11.6 Å². The van der Waals surface area contributed by atoms with Crippen LogP contribution in [0.1, 0.15) is 49.3 Å². The van der Waals surface area contributed by atoms with Crippen molar-refractivity contribution in [1.82, 2.24) is 5.32 Å². The third-order valence-corrected chi connectivity index (χ3v) is 7.49. The predicted octanol–water partition coefficient (Wildman–Crippen LogP) is 4.19. The van der Waals surface area contributed by atoms with E-state index >= 15 is 0 Å². The Hall–Kier alpha value is -2.71. The smallest absolute Gasteiger partial charge is 0.258 e. The largest absolute Gasteiger partial charge is 0.484 e. The van der Waals surface area contributed by atoms with Gasteiger partial charge in [-0.3, -0.25) is 9.59 Å². The molecule has 2 aromatic carbocycles. The summed E-state index contributed by atoms with van der Waals surface area (Å²) in [5, 5.41) is 13.9. The van der Waals surface area contributed by atoms with Crippen molar-refractivity contribution in [2.24, 2.45) is 5.41 Å². The molecule has 34 heavy (non-hydrogen) atoms. The Bertz CT molecular complexity index is 1170. The molecule has 6 nitrogen and oxygen atoms in total. The molecule has 1 amide bonds. The number of hydrogen-bond donors (Lipinski definition) is 2. The molecule has 9 heteroatoms. The van der Waals surface area contributed by atoms with Gasteiger partial charge in [0.2, 0.25) is 0 Å². The summed E-state index contributed by atoms with van der Waals surface area (Å²) >= 11 is 5.99. The lowest BCUT2D eigenvalue weighted by molar-refractivity contribution is -0.175. The molecule has 0 saturated heterocycles. The fraction of sp³-hybridized carbons (Fsp3) is 0.440. The zero-order valence-electron chi connectivity index (χ0n) is 18.5. The van der Waals surface area contributed by atoms with Crippen LogP contribution in [0, 0.1) is 24.0 Å². The highest BCUT2D eigenvalue weighted by Crippen LogP contribution is 2.69. The number of nitrogens with one attached hydrogen (secondary N) is 1. The maximum atomic E-state index is 13.6. The van der Waals surface area contributed by atoms with E-state index in [0.29, 0.717) is 30.0 Å². The molecule has 4 aliphatic rings. The Morgan fingerprint density at radius 1 is 1.21 bits per heavy atom. The number of halogens is 3. The van der Waals surface area contributed by atoms with Crippen molar-refractivity contribution in [3.63, 3.8) is 0 Å². The number of aryl methyl sites for hydroxylation is 1. The average Bonchev–Trinajstić information content (AvgIpc) is 2.73. The van der Waals surface area contributed by atoms with Gasteiger partial charge in [-0.15, -0.1) is 0 Å². The van der Waals surface area contributed by atoms with Crippen molar-refractivity contribution < 1.29 is 33.0 Å². The van der Waals surface area contributed by atoms with Crippen molar-refractivity contribution >= 4 is 23.3 Å². The number of fused-ring (bicyclic) bond motifs is 1. The molecular formula is C25H24ClF2NO5. The molecular weight excluding hydrogens is 468 g/mol. The van der Waals surface area contributed by atoms with Gasteiger partial charge in [-0.05, 0) is 61.4 Å². The first kappa shape index (κ1) is 23.1. The number of hydrogen-bond acceptors (Lipinski definition) is 5. The van der Waals surface area contributed by atoms with Gasteiger partial charge in [0.1, 0.15) is 11.5 Å². The van der Waals surface area contributed by atoms with Crippen molar-refractivity contribution in [2.75, 3.05) is 6.61 Å². The van der Waals surface area contributed by atoms with Crippen molar-refractivity contribution in [1.29, 1.82) is 0 Å². The Morgan fingerprint density at radius 3 is 2.62 bits per heavy atom. The van der Waals surface area contributed by atoms with Crippen LogP contribution in [0.4, 0.5) is 8.78 Å². The topological polar surface area (TPSA) is 84.9 Å². The predicted molar refractivity (Wildman–Crippen MR) is 119 cm³/mol. The van der Waals surface area contributed by atoms with Crippen LogP contribution in [0.15, 0.2) is 30.3 Å². The average molecular weight is 492 g/mol. The number of amides is 1. The summed E-state index contributed by atoms with van der Waals surface area (Å²) in [7, 11) is 0. The van der Waals surface area contributed by atoms with Gasteiger partial charge < -0.3 is 19.9 Å². The molecule has 2 atom stereocenters. The first-order chi connectivity index (χ1) is 16.1. The van der Waals surface area contributed by atoms with Crippen LogP contribution in [0.5, 0.6) is 11.5 Å². The third-order valence-electron chi connectivity index (χ3n) is 7.07. The standard InChI is InChI=1S/C25H24ClF2NO5/c1-13-4-14(2-3-16(13)26)33-9-23(32)29-25-10-24(11-25,12-25)8-20(31)22-7-19(30)15-5-17(27)18(28)6-21(15)34-22/h2-6,19,22,30H,7-12H2,1H3,(H,29,32)/t19-,22-,24?,25?/m1/s1. The molecule has 1 aliphatic heterocycles. The zero-order chi connectivity index (χ0) is 24.3. The summed E-state index contributed by atoms with van der Waals surface area (Å²) in [6.45, 7) is 1.74. The molecule has 0 aromatic heterocycles. The van der Waals surface area contributed by atoms with E-state index < -0.39 is 23.8 Å². The summed E-state index contributed by atoms with van der Waals surface area (Å²) in [5.74, 6) is -2.01. The minimum absolute atomic E-state index is 0.00360. The monoisotopic (exact) mass is 491 g/mol. The maximum Gasteiger partial charge on any atom is 0.258 e. The molecule has 2 aromatic rings. The van der Waals surface area contributed by atoms with Gasteiger partial charge in [0, 0.05) is 35.0 Å². The SMILES string of the molecule is Cc1cc(OCC(=O)NC23CC(CC(=O)[C@H]4C[C@@H](O)c5cc(F)c(F)cc5O4)(C2)C3)ccc1Cl. The zero-order valence-corrected chi connectivity index (χ0v) is 19.3. The van der Waals surface area contributed by atoms with Crippen molar-refractivity contribution in [3.05, 3.63) is 58.1 Å². The molecule has 2 bridgehead atoms. The number of benzene rings is 2. The molecule has 0 unspecified atom stereocenters. The van der Waals surface area contributed by atoms with E-state index in [9.17, 15) is 23.5 Å². The van der Waals surface area contributed by atoms with Crippen LogP contribution in [-0.2, 0) is 9.59 Å². The lowest BCUT2D eigenvalue weighted by Crippen LogP contribution is -2.75. The number of carbonyl (C=O) groups excluding carboxylic acids is 2. The van der Waals surface area contributed by atoms with Crippen molar-refractivity contribution in [3.8, 4) is 11.5 Å². The van der Waals surface area contributed by atoms with Gasteiger partial charge in [-0.2, -0.15) is 0 Å². The van der Waals surface area contributed by atoms with Crippen LogP contribution < -0.4 is 14.8 Å². The normalized spacial score (nSPS) is 28.6. The molecule has 3 aliphatic carbocycles. The van der Waals surface area contributed by atoms with Crippen LogP contribution in [0.2, 0.25) is 5.02 Å².